The van der Waals surface area contributed by atoms with Crippen molar-refractivity contribution in [3.8, 4) is 0 Å². The zero-order valence-electron chi connectivity index (χ0n) is 10.2. The van der Waals surface area contributed by atoms with E-state index in [0.717, 1.165) is 32.1 Å². The Morgan fingerprint density at radius 3 is 2.19 bits per heavy atom. The lowest BCUT2D eigenvalue weighted by atomic mass is 9.90. The summed E-state index contributed by atoms with van der Waals surface area (Å²) in [5.41, 5.74) is 0. The minimum atomic E-state index is -0.0124. The molecule has 0 aromatic rings. The predicted molar refractivity (Wildman–Crippen MR) is 62.9 cm³/mol. The topological polar surface area (TPSA) is 58.2 Å². The van der Waals surface area contributed by atoms with Gasteiger partial charge in [0.2, 0.25) is 11.8 Å². The summed E-state index contributed by atoms with van der Waals surface area (Å²) in [7, 11) is 0. The van der Waals surface area contributed by atoms with E-state index >= 15 is 0 Å². The van der Waals surface area contributed by atoms with Gasteiger partial charge in [0.25, 0.3) is 0 Å². The van der Waals surface area contributed by atoms with Crippen LogP contribution in [0.4, 0.5) is 0 Å². The van der Waals surface area contributed by atoms with E-state index in [4.69, 9.17) is 0 Å². The summed E-state index contributed by atoms with van der Waals surface area (Å²) >= 11 is 0. The molecule has 0 spiro atoms. The maximum Gasteiger partial charge on any atom is 0.220 e. The summed E-state index contributed by atoms with van der Waals surface area (Å²) < 4.78 is 0. The number of hydrogen-bond acceptors (Lipinski definition) is 2. The van der Waals surface area contributed by atoms with Crippen LogP contribution in [-0.2, 0) is 9.59 Å². The molecule has 2 amide bonds. The molecule has 4 nitrogen and oxygen atoms in total. The first-order valence-corrected chi connectivity index (χ1v) is 6.20. The molecule has 0 bridgehead atoms. The highest BCUT2D eigenvalue weighted by Gasteiger charge is 2.26. The molecule has 0 aromatic heterocycles. The van der Waals surface area contributed by atoms with E-state index in [0.29, 0.717) is 6.42 Å². The van der Waals surface area contributed by atoms with Gasteiger partial charge in [0.1, 0.15) is 0 Å². The zero-order valence-corrected chi connectivity index (χ0v) is 10.2. The van der Waals surface area contributed by atoms with Crippen LogP contribution in [0.3, 0.4) is 0 Å². The Hall–Kier alpha value is -1.06. The highest BCUT2D eigenvalue weighted by Crippen LogP contribution is 2.18. The molecule has 2 atom stereocenters. The van der Waals surface area contributed by atoms with E-state index in [-0.39, 0.29) is 23.9 Å². The standard InChI is InChI=1S/C12H22N2O2/c1-3-6-12(16)14-11-8-5-4-7-10(11)13-9(2)15/h10-11H,3-8H2,1-2H3,(H,13,15)(H,14,16). The van der Waals surface area contributed by atoms with E-state index < -0.39 is 0 Å². The molecule has 1 aliphatic rings. The fourth-order valence-electron chi connectivity index (χ4n) is 2.24. The van der Waals surface area contributed by atoms with Crippen LogP contribution in [0.15, 0.2) is 0 Å². The van der Waals surface area contributed by atoms with Crippen LogP contribution in [0.25, 0.3) is 0 Å². The fraction of sp³-hybridized carbons (Fsp3) is 0.833. The van der Waals surface area contributed by atoms with E-state index in [9.17, 15) is 9.59 Å². The Labute approximate surface area is 97.2 Å². The van der Waals surface area contributed by atoms with Crippen molar-refractivity contribution < 1.29 is 9.59 Å². The van der Waals surface area contributed by atoms with E-state index in [1.807, 2.05) is 6.92 Å². The van der Waals surface area contributed by atoms with Gasteiger partial charge in [0, 0.05) is 25.4 Å². The minimum absolute atomic E-state index is 0.0124. The number of hydrogen-bond donors (Lipinski definition) is 2. The van der Waals surface area contributed by atoms with Gasteiger partial charge in [0.05, 0.1) is 0 Å². The van der Waals surface area contributed by atoms with Crippen molar-refractivity contribution in [3.05, 3.63) is 0 Å². The quantitative estimate of drug-likeness (QED) is 0.760. The molecule has 1 saturated carbocycles. The molecule has 2 unspecified atom stereocenters. The van der Waals surface area contributed by atoms with Gasteiger partial charge < -0.3 is 10.6 Å². The number of carbonyl (C=O) groups is 2. The average Bonchev–Trinajstić information content (AvgIpc) is 2.20. The SMILES string of the molecule is CCCC(=O)NC1CCCCC1NC(C)=O. The molecule has 0 saturated heterocycles. The van der Waals surface area contributed by atoms with Gasteiger partial charge in [0.15, 0.2) is 0 Å². The maximum absolute atomic E-state index is 11.5. The average molecular weight is 226 g/mol. The van der Waals surface area contributed by atoms with Crippen molar-refractivity contribution in [3.63, 3.8) is 0 Å². The van der Waals surface area contributed by atoms with Crippen molar-refractivity contribution in [2.24, 2.45) is 0 Å². The predicted octanol–water partition coefficient (Wildman–Crippen LogP) is 1.35. The van der Waals surface area contributed by atoms with Gasteiger partial charge in [-0.2, -0.15) is 0 Å². The third-order valence-corrected chi connectivity index (χ3v) is 2.98. The van der Waals surface area contributed by atoms with Gasteiger partial charge in [-0.3, -0.25) is 9.59 Å². The van der Waals surface area contributed by atoms with Crippen LogP contribution in [0.5, 0.6) is 0 Å². The largest absolute Gasteiger partial charge is 0.352 e. The van der Waals surface area contributed by atoms with E-state index in [1.165, 1.54) is 6.92 Å². The van der Waals surface area contributed by atoms with Crippen LogP contribution in [0, 0.1) is 0 Å². The summed E-state index contributed by atoms with van der Waals surface area (Å²) in [6.07, 6.45) is 5.64. The number of carbonyl (C=O) groups excluding carboxylic acids is 2. The molecule has 2 N–H and O–H groups in total. The molecule has 0 heterocycles. The van der Waals surface area contributed by atoms with Crippen LogP contribution >= 0.6 is 0 Å². The molecular weight excluding hydrogens is 204 g/mol. The van der Waals surface area contributed by atoms with Crippen molar-refractivity contribution in [2.75, 3.05) is 0 Å². The molecule has 0 aliphatic heterocycles. The normalized spacial score (nSPS) is 24.9. The Balaban J connectivity index is 2.46. The Morgan fingerprint density at radius 2 is 1.69 bits per heavy atom. The van der Waals surface area contributed by atoms with Crippen molar-refractivity contribution in [2.45, 2.75) is 64.5 Å². The zero-order chi connectivity index (χ0) is 12.0. The van der Waals surface area contributed by atoms with Gasteiger partial charge in [-0.15, -0.1) is 0 Å². The van der Waals surface area contributed by atoms with Crippen molar-refractivity contribution >= 4 is 11.8 Å². The van der Waals surface area contributed by atoms with Gasteiger partial charge in [-0.25, -0.2) is 0 Å². The van der Waals surface area contributed by atoms with Crippen molar-refractivity contribution in [1.82, 2.24) is 10.6 Å². The molecule has 16 heavy (non-hydrogen) atoms. The molecule has 4 heteroatoms. The monoisotopic (exact) mass is 226 g/mol. The van der Waals surface area contributed by atoms with Gasteiger partial charge in [-0.1, -0.05) is 19.8 Å². The van der Waals surface area contributed by atoms with Crippen LogP contribution in [-0.4, -0.2) is 23.9 Å². The smallest absolute Gasteiger partial charge is 0.220 e. The minimum Gasteiger partial charge on any atom is -0.352 e. The maximum atomic E-state index is 11.5. The molecule has 1 fully saturated rings. The third kappa shape index (κ3) is 4.21. The van der Waals surface area contributed by atoms with E-state index in [2.05, 4.69) is 10.6 Å². The Bertz CT molecular complexity index is 253. The summed E-state index contributed by atoms with van der Waals surface area (Å²) in [5.74, 6) is 0.0893. The van der Waals surface area contributed by atoms with E-state index in [1.54, 1.807) is 0 Å². The summed E-state index contributed by atoms with van der Waals surface area (Å²) in [6, 6.07) is 0.240. The molecule has 1 rings (SSSR count). The first kappa shape index (κ1) is 13.0. The summed E-state index contributed by atoms with van der Waals surface area (Å²) in [6.45, 7) is 3.52. The van der Waals surface area contributed by atoms with Gasteiger partial charge in [-0.05, 0) is 19.3 Å². The first-order chi connectivity index (χ1) is 7.63. The van der Waals surface area contributed by atoms with Crippen LogP contribution < -0.4 is 10.6 Å². The summed E-state index contributed by atoms with van der Waals surface area (Å²) in [4.78, 5) is 22.6. The van der Waals surface area contributed by atoms with Crippen molar-refractivity contribution in [1.29, 1.82) is 0 Å². The highest BCUT2D eigenvalue weighted by molar-refractivity contribution is 5.76. The lowest BCUT2D eigenvalue weighted by molar-refractivity contribution is -0.124. The number of rotatable bonds is 4. The second-order valence-corrected chi connectivity index (χ2v) is 4.52. The molecule has 92 valence electrons. The van der Waals surface area contributed by atoms with Crippen LogP contribution in [0.1, 0.15) is 52.4 Å². The molecule has 0 aromatic carbocycles. The lowest BCUT2D eigenvalue weighted by Crippen LogP contribution is -2.52. The summed E-state index contributed by atoms with van der Waals surface area (Å²) in [5, 5.41) is 5.95. The van der Waals surface area contributed by atoms with Gasteiger partial charge >= 0.3 is 0 Å². The van der Waals surface area contributed by atoms with Crippen LogP contribution in [0.2, 0.25) is 0 Å². The molecule has 1 aliphatic carbocycles. The fourth-order valence-corrected chi connectivity index (χ4v) is 2.24. The second kappa shape index (κ2) is 6.51. The Kier molecular flexibility index (Phi) is 5.29. The highest BCUT2D eigenvalue weighted by atomic mass is 16.2. The third-order valence-electron chi connectivity index (χ3n) is 2.98. The number of nitrogens with one attached hydrogen (secondary N) is 2. The Morgan fingerprint density at radius 1 is 1.12 bits per heavy atom. The lowest BCUT2D eigenvalue weighted by Gasteiger charge is -2.32. The first-order valence-electron chi connectivity index (χ1n) is 6.20. The molecular formula is C12H22N2O2. The molecule has 0 radical (unpaired) electrons. The number of amides is 2. The second-order valence-electron chi connectivity index (χ2n) is 4.52.